The maximum absolute atomic E-state index is 12.7. The lowest BCUT2D eigenvalue weighted by molar-refractivity contribution is 1.04. The van der Waals surface area contributed by atoms with Gasteiger partial charge in [-0.25, -0.2) is 9.97 Å². The van der Waals surface area contributed by atoms with Crippen molar-refractivity contribution in [2.24, 2.45) is 0 Å². The second kappa shape index (κ2) is 7.32. The van der Waals surface area contributed by atoms with Gasteiger partial charge >= 0.3 is 0 Å². The number of aromatic nitrogens is 6. The number of imidazole rings is 2. The molecule has 0 aliphatic rings. The highest BCUT2D eigenvalue weighted by atomic mass is 16.1. The number of rotatable bonds is 5. The third kappa shape index (κ3) is 3.24. The predicted molar refractivity (Wildman–Crippen MR) is 116 cm³/mol. The van der Waals surface area contributed by atoms with E-state index in [1.807, 2.05) is 54.1 Å². The summed E-state index contributed by atoms with van der Waals surface area (Å²) in [4.78, 5) is 31.9. The number of pyridine rings is 2. The van der Waals surface area contributed by atoms with Gasteiger partial charge in [0, 0.05) is 30.5 Å². The van der Waals surface area contributed by atoms with Crippen LogP contribution in [0.4, 0.5) is 5.69 Å². The third-order valence-electron chi connectivity index (χ3n) is 4.95. The minimum atomic E-state index is -0.215. The van der Waals surface area contributed by atoms with Crippen molar-refractivity contribution in [1.29, 1.82) is 0 Å². The largest absolute Gasteiger partial charge is 0.379 e. The number of anilines is 1. The van der Waals surface area contributed by atoms with Crippen LogP contribution in [0.5, 0.6) is 0 Å². The summed E-state index contributed by atoms with van der Waals surface area (Å²) >= 11 is 0. The van der Waals surface area contributed by atoms with Gasteiger partial charge in [-0.1, -0.05) is 6.07 Å². The average Bonchev–Trinajstić information content (AvgIpc) is 3.43. The normalized spacial score (nSPS) is 11.1. The summed E-state index contributed by atoms with van der Waals surface area (Å²) in [5.41, 5.74) is 5.49. The molecular formula is C22H19N7O. The monoisotopic (exact) mass is 397 g/mol. The Balaban J connectivity index is 1.57. The summed E-state index contributed by atoms with van der Waals surface area (Å²) in [5, 5.41) is 3.31. The standard InChI is InChI=1S/C22H19N7O/c1-14-10-16(29-9-8-23-13-29)11-18-20(14)28-21(27-18)19-17(5-7-25-22(19)30)26-12-15-4-2-3-6-24-15/h2-11,13H,12H2,1H3,(H,27,28)(H2,25,26,30). The molecule has 0 unspecified atom stereocenters. The molecule has 148 valence electrons. The van der Waals surface area contributed by atoms with Crippen molar-refractivity contribution in [1.82, 2.24) is 29.5 Å². The fourth-order valence-corrected chi connectivity index (χ4v) is 3.50. The van der Waals surface area contributed by atoms with Crippen molar-refractivity contribution < 1.29 is 0 Å². The Morgan fingerprint density at radius 3 is 2.90 bits per heavy atom. The van der Waals surface area contributed by atoms with Gasteiger partial charge < -0.3 is 19.9 Å². The molecule has 0 saturated heterocycles. The first-order chi connectivity index (χ1) is 14.7. The number of hydrogen-bond acceptors (Lipinski definition) is 5. The van der Waals surface area contributed by atoms with Gasteiger partial charge in [0.15, 0.2) is 0 Å². The number of hydrogen-bond donors (Lipinski definition) is 3. The molecule has 30 heavy (non-hydrogen) atoms. The van der Waals surface area contributed by atoms with E-state index < -0.39 is 0 Å². The first-order valence-corrected chi connectivity index (χ1v) is 9.53. The summed E-state index contributed by atoms with van der Waals surface area (Å²) in [6, 6.07) is 11.6. The van der Waals surface area contributed by atoms with Crippen molar-refractivity contribution in [3.05, 3.63) is 89.1 Å². The minimum Gasteiger partial charge on any atom is -0.379 e. The summed E-state index contributed by atoms with van der Waals surface area (Å²) < 4.78 is 1.93. The number of nitrogens with zero attached hydrogens (tertiary/aromatic N) is 4. The maximum atomic E-state index is 12.7. The van der Waals surface area contributed by atoms with E-state index >= 15 is 0 Å². The molecule has 0 atom stereocenters. The number of nitrogens with one attached hydrogen (secondary N) is 3. The number of aryl methyl sites for hydroxylation is 1. The Morgan fingerprint density at radius 2 is 2.10 bits per heavy atom. The molecule has 3 N–H and O–H groups in total. The highest BCUT2D eigenvalue weighted by molar-refractivity contribution is 5.86. The molecule has 0 saturated carbocycles. The van der Waals surface area contributed by atoms with Crippen LogP contribution in [-0.2, 0) is 6.54 Å². The van der Waals surface area contributed by atoms with E-state index in [0.717, 1.165) is 28.0 Å². The summed E-state index contributed by atoms with van der Waals surface area (Å²) in [6.45, 7) is 2.50. The van der Waals surface area contributed by atoms with Crippen molar-refractivity contribution in [2.75, 3.05) is 5.32 Å². The van der Waals surface area contributed by atoms with E-state index in [1.54, 1.807) is 24.9 Å². The molecule has 0 fully saturated rings. The number of H-pyrrole nitrogens is 2. The number of aromatic amines is 2. The van der Waals surface area contributed by atoms with E-state index in [1.165, 1.54) is 0 Å². The van der Waals surface area contributed by atoms with Crippen LogP contribution >= 0.6 is 0 Å². The second-order valence-corrected chi connectivity index (χ2v) is 6.98. The lowest BCUT2D eigenvalue weighted by Gasteiger charge is -2.09. The fraction of sp³-hybridized carbons (Fsp3) is 0.0909. The zero-order valence-electron chi connectivity index (χ0n) is 16.3. The van der Waals surface area contributed by atoms with Gasteiger partial charge in [-0.05, 0) is 42.8 Å². The Kier molecular flexibility index (Phi) is 4.36. The highest BCUT2D eigenvalue weighted by Gasteiger charge is 2.16. The molecular weight excluding hydrogens is 378 g/mol. The smallest absolute Gasteiger partial charge is 0.261 e. The van der Waals surface area contributed by atoms with Crippen molar-refractivity contribution in [2.45, 2.75) is 13.5 Å². The summed E-state index contributed by atoms with van der Waals surface area (Å²) in [6.07, 6.45) is 8.74. The highest BCUT2D eigenvalue weighted by Crippen LogP contribution is 2.27. The molecule has 0 bridgehead atoms. The van der Waals surface area contributed by atoms with Crippen molar-refractivity contribution in [3.63, 3.8) is 0 Å². The van der Waals surface area contributed by atoms with Gasteiger partial charge in [0.2, 0.25) is 0 Å². The van der Waals surface area contributed by atoms with Crippen LogP contribution in [0.2, 0.25) is 0 Å². The first-order valence-electron chi connectivity index (χ1n) is 9.53. The Morgan fingerprint density at radius 1 is 1.17 bits per heavy atom. The molecule has 0 aliphatic carbocycles. The minimum absolute atomic E-state index is 0.215. The molecule has 8 nitrogen and oxygen atoms in total. The lowest BCUT2D eigenvalue weighted by Crippen LogP contribution is -2.13. The van der Waals surface area contributed by atoms with Crippen molar-refractivity contribution in [3.8, 4) is 17.1 Å². The molecule has 4 heterocycles. The molecule has 0 spiro atoms. The zero-order valence-corrected chi connectivity index (χ0v) is 16.3. The van der Waals surface area contributed by atoms with Crippen LogP contribution in [-0.4, -0.2) is 29.5 Å². The molecule has 0 amide bonds. The summed E-state index contributed by atoms with van der Waals surface area (Å²) in [5.74, 6) is 0.515. The second-order valence-electron chi connectivity index (χ2n) is 6.98. The number of fused-ring (bicyclic) bond motifs is 1. The van der Waals surface area contributed by atoms with E-state index in [2.05, 4.69) is 25.3 Å². The average molecular weight is 397 g/mol. The van der Waals surface area contributed by atoms with Gasteiger partial charge in [-0.2, -0.15) is 0 Å². The molecule has 1 aromatic carbocycles. The van der Waals surface area contributed by atoms with Gasteiger partial charge in [-0.15, -0.1) is 0 Å². The van der Waals surface area contributed by atoms with E-state index in [-0.39, 0.29) is 5.56 Å². The van der Waals surface area contributed by atoms with Crippen LogP contribution in [0, 0.1) is 6.92 Å². The van der Waals surface area contributed by atoms with E-state index in [4.69, 9.17) is 4.98 Å². The van der Waals surface area contributed by atoms with Gasteiger partial charge in [0.25, 0.3) is 5.56 Å². The van der Waals surface area contributed by atoms with Crippen LogP contribution < -0.4 is 10.9 Å². The number of benzene rings is 1. The molecule has 0 aliphatic heterocycles. The molecule has 4 aromatic heterocycles. The van der Waals surface area contributed by atoms with Gasteiger partial charge in [0.1, 0.15) is 11.4 Å². The van der Waals surface area contributed by atoms with E-state index in [0.29, 0.717) is 23.6 Å². The Bertz CT molecular complexity index is 1370. The fourth-order valence-electron chi connectivity index (χ4n) is 3.50. The van der Waals surface area contributed by atoms with Gasteiger partial charge in [-0.3, -0.25) is 9.78 Å². The zero-order chi connectivity index (χ0) is 20.5. The predicted octanol–water partition coefficient (Wildman–Crippen LogP) is 3.42. The summed E-state index contributed by atoms with van der Waals surface area (Å²) in [7, 11) is 0. The Hall–Kier alpha value is -4.20. The lowest BCUT2D eigenvalue weighted by atomic mass is 10.2. The van der Waals surface area contributed by atoms with Crippen LogP contribution in [0.3, 0.4) is 0 Å². The van der Waals surface area contributed by atoms with Gasteiger partial charge in [0.05, 0.1) is 35.3 Å². The van der Waals surface area contributed by atoms with Crippen LogP contribution in [0.25, 0.3) is 28.1 Å². The van der Waals surface area contributed by atoms with Crippen molar-refractivity contribution >= 4 is 16.7 Å². The SMILES string of the molecule is Cc1cc(-n2ccnc2)cc2[nH]c(-c3c(NCc4ccccn4)cc[nH]c3=O)nc12. The van der Waals surface area contributed by atoms with Crippen LogP contribution in [0.15, 0.2) is 72.3 Å². The molecule has 8 heteroatoms. The Labute approximate surface area is 171 Å². The third-order valence-corrected chi connectivity index (χ3v) is 4.95. The quantitative estimate of drug-likeness (QED) is 0.422. The van der Waals surface area contributed by atoms with Crippen LogP contribution in [0.1, 0.15) is 11.3 Å². The molecule has 0 radical (unpaired) electrons. The molecule has 5 rings (SSSR count). The molecule has 5 aromatic rings. The maximum Gasteiger partial charge on any atom is 0.261 e. The van der Waals surface area contributed by atoms with E-state index in [9.17, 15) is 4.79 Å². The first kappa shape index (κ1) is 17.9. The topological polar surface area (TPSA) is 104 Å².